The van der Waals surface area contributed by atoms with Crippen molar-refractivity contribution in [1.29, 1.82) is 0 Å². The molecule has 0 saturated carbocycles. The maximum atomic E-state index is 11.1. The zero-order chi connectivity index (χ0) is 10.6. The lowest BCUT2D eigenvalue weighted by molar-refractivity contribution is 0.306. The molecule has 0 unspecified atom stereocenters. The highest BCUT2D eigenvalue weighted by Gasteiger charge is 2.05. The van der Waals surface area contributed by atoms with Crippen molar-refractivity contribution in [2.45, 2.75) is 13.3 Å². The topological polar surface area (TPSA) is 55.0 Å². The molecule has 1 aromatic heterocycles. The summed E-state index contributed by atoms with van der Waals surface area (Å²) in [5.74, 6) is 0.315. The molecule has 4 nitrogen and oxygen atoms in total. The summed E-state index contributed by atoms with van der Waals surface area (Å²) in [5, 5.41) is 0. The molecule has 0 aliphatic rings. The number of halogens is 1. The molecule has 76 valence electrons. The maximum absolute atomic E-state index is 11.1. The van der Waals surface area contributed by atoms with E-state index in [0.29, 0.717) is 17.0 Å². The van der Waals surface area contributed by atoms with Crippen LogP contribution in [-0.4, -0.2) is 16.6 Å². The van der Waals surface area contributed by atoms with Crippen LogP contribution < -0.4 is 10.3 Å². The Morgan fingerprint density at radius 1 is 1.79 bits per heavy atom. The van der Waals surface area contributed by atoms with Crippen LogP contribution in [0.15, 0.2) is 27.7 Å². The highest BCUT2D eigenvalue weighted by atomic mass is 79.9. The van der Waals surface area contributed by atoms with E-state index in [1.807, 2.05) is 6.92 Å². The van der Waals surface area contributed by atoms with Crippen LogP contribution in [0.3, 0.4) is 0 Å². The standard InChI is InChI=1S/C9H11BrN2O2/c1-6(2)3-4-14-9-7(10)8(13)11-5-12-9/h5H,1,3-4H2,2H3,(H,11,12,13). The summed E-state index contributed by atoms with van der Waals surface area (Å²) in [4.78, 5) is 17.4. The van der Waals surface area contributed by atoms with Gasteiger partial charge >= 0.3 is 0 Å². The minimum absolute atomic E-state index is 0.245. The van der Waals surface area contributed by atoms with Crippen LogP contribution in [0, 0.1) is 0 Å². The molecule has 0 radical (unpaired) electrons. The van der Waals surface area contributed by atoms with Crippen LogP contribution in [0.2, 0.25) is 0 Å². The van der Waals surface area contributed by atoms with Crippen LogP contribution in [0.5, 0.6) is 5.88 Å². The summed E-state index contributed by atoms with van der Waals surface area (Å²) in [7, 11) is 0. The Bertz CT molecular complexity index is 387. The zero-order valence-electron chi connectivity index (χ0n) is 7.84. The van der Waals surface area contributed by atoms with Crippen LogP contribution in [-0.2, 0) is 0 Å². The Balaban J connectivity index is 2.63. The van der Waals surface area contributed by atoms with Gasteiger partial charge in [-0.3, -0.25) is 4.79 Å². The van der Waals surface area contributed by atoms with Gasteiger partial charge in [-0.15, -0.1) is 6.58 Å². The quantitative estimate of drug-likeness (QED) is 0.840. The number of rotatable bonds is 4. The largest absolute Gasteiger partial charge is 0.476 e. The number of hydrogen-bond donors (Lipinski definition) is 1. The molecule has 0 saturated heterocycles. The molecule has 0 atom stereocenters. The predicted octanol–water partition coefficient (Wildman–Crippen LogP) is 1.88. The van der Waals surface area contributed by atoms with Gasteiger partial charge in [0.15, 0.2) is 0 Å². The summed E-state index contributed by atoms with van der Waals surface area (Å²) in [5.41, 5.74) is 0.788. The lowest BCUT2D eigenvalue weighted by Gasteiger charge is -2.05. The number of aromatic nitrogens is 2. The van der Waals surface area contributed by atoms with E-state index in [9.17, 15) is 4.79 Å². The molecule has 0 aliphatic heterocycles. The molecular weight excluding hydrogens is 248 g/mol. The second-order valence-corrected chi connectivity index (χ2v) is 3.70. The molecule has 5 heteroatoms. The third-order valence-electron chi connectivity index (χ3n) is 1.53. The van der Waals surface area contributed by atoms with Crippen LogP contribution in [0.1, 0.15) is 13.3 Å². The van der Waals surface area contributed by atoms with E-state index in [1.165, 1.54) is 6.33 Å². The number of aromatic amines is 1. The van der Waals surface area contributed by atoms with Crippen molar-refractivity contribution in [3.05, 3.63) is 33.3 Å². The van der Waals surface area contributed by atoms with Crippen molar-refractivity contribution >= 4 is 15.9 Å². The first-order valence-corrected chi connectivity index (χ1v) is 4.91. The molecule has 0 fully saturated rings. The first kappa shape index (κ1) is 11.0. The minimum Gasteiger partial charge on any atom is -0.476 e. The molecule has 1 heterocycles. The molecule has 0 aliphatic carbocycles. The number of H-pyrrole nitrogens is 1. The Hall–Kier alpha value is -1.10. The number of ether oxygens (including phenoxy) is 1. The highest BCUT2D eigenvalue weighted by molar-refractivity contribution is 9.10. The summed E-state index contributed by atoms with van der Waals surface area (Å²) in [6.07, 6.45) is 2.06. The van der Waals surface area contributed by atoms with E-state index < -0.39 is 0 Å². The van der Waals surface area contributed by atoms with Gasteiger partial charge in [-0.2, -0.15) is 0 Å². The van der Waals surface area contributed by atoms with Crippen molar-refractivity contribution in [3.8, 4) is 5.88 Å². The van der Waals surface area contributed by atoms with E-state index in [1.54, 1.807) is 0 Å². The SMILES string of the molecule is C=C(C)CCOc1nc[nH]c(=O)c1Br. The Labute approximate surface area is 90.1 Å². The molecule has 0 spiro atoms. The number of nitrogens with one attached hydrogen (secondary N) is 1. The monoisotopic (exact) mass is 258 g/mol. The number of nitrogens with zero attached hydrogens (tertiary/aromatic N) is 1. The van der Waals surface area contributed by atoms with Gasteiger partial charge in [0.05, 0.1) is 12.9 Å². The maximum Gasteiger partial charge on any atom is 0.268 e. The summed E-state index contributed by atoms with van der Waals surface area (Å²) >= 11 is 3.09. The van der Waals surface area contributed by atoms with Gasteiger partial charge in [0.25, 0.3) is 5.56 Å². The average molecular weight is 259 g/mol. The minimum atomic E-state index is -0.245. The van der Waals surface area contributed by atoms with Crippen molar-refractivity contribution in [3.63, 3.8) is 0 Å². The van der Waals surface area contributed by atoms with Gasteiger partial charge in [0, 0.05) is 6.42 Å². The van der Waals surface area contributed by atoms with Crippen molar-refractivity contribution in [2.75, 3.05) is 6.61 Å². The van der Waals surface area contributed by atoms with Gasteiger partial charge in [-0.05, 0) is 22.9 Å². The molecule has 1 aromatic rings. The molecule has 1 N–H and O–H groups in total. The number of hydrogen-bond acceptors (Lipinski definition) is 3. The average Bonchev–Trinajstić information content (AvgIpc) is 2.12. The molecule has 0 amide bonds. The molecule has 1 rings (SSSR count). The smallest absolute Gasteiger partial charge is 0.268 e. The third kappa shape index (κ3) is 2.99. The van der Waals surface area contributed by atoms with Crippen LogP contribution in [0.4, 0.5) is 0 Å². The van der Waals surface area contributed by atoms with Gasteiger partial charge in [-0.1, -0.05) is 5.57 Å². The fraction of sp³-hybridized carbons (Fsp3) is 0.333. The first-order valence-electron chi connectivity index (χ1n) is 4.11. The first-order chi connectivity index (χ1) is 6.61. The highest BCUT2D eigenvalue weighted by Crippen LogP contribution is 2.16. The van der Waals surface area contributed by atoms with Gasteiger partial charge < -0.3 is 9.72 Å². The lowest BCUT2D eigenvalue weighted by Crippen LogP contribution is -2.10. The third-order valence-corrected chi connectivity index (χ3v) is 2.23. The van der Waals surface area contributed by atoms with E-state index in [0.717, 1.165) is 12.0 Å². The van der Waals surface area contributed by atoms with Crippen molar-refractivity contribution in [2.24, 2.45) is 0 Å². The Kier molecular flexibility index (Phi) is 3.88. The van der Waals surface area contributed by atoms with Crippen LogP contribution in [0.25, 0.3) is 0 Å². The van der Waals surface area contributed by atoms with Gasteiger partial charge in [0.1, 0.15) is 4.47 Å². The summed E-state index contributed by atoms with van der Waals surface area (Å²) in [6, 6.07) is 0. The van der Waals surface area contributed by atoms with E-state index in [4.69, 9.17) is 4.74 Å². The second kappa shape index (κ2) is 4.95. The molecular formula is C9H11BrN2O2. The normalized spacial score (nSPS) is 9.86. The fourth-order valence-corrected chi connectivity index (χ4v) is 1.12. The summed E-state index contributed by atoms with van der Waals surface area (Å²) in [6.45, 7) is 6.14. The van der Waals surface area contributed by atoms with Crippen LogP contribution >= 0.6 is 15.9 Å². The predicted molar refractivity (Wildman–Crippen MR) is 57.5 cm³/mol. The Morgan fingerprint density at radius 3 is 3.14 bits per heavy atom. The molecule has 14 heavy (non-hydrogen) atoms. The summed E-state index contributed by atoms with van der Waals surface area (Å²) < 4.78 is 5.61. The second-order valence-electron chi connectivity index (χ2n) is 2.91. The zero-order valence-corrected chi connectivity index (χ0v) is 9.43. The fourth-order valence-electron chi connectivity index (χ4n) is 0.789. The van der Waals surface area contributed by atoms with E-state index in [2.05, 4.69) is 32.5 Å². The van der Waals surface area contributed by atoms with E-state index in [-0.39, 0.29) is 5.56 Å². The van der Waals surface area contributed by atoms with Crippen molar-refractivity contribution in [1.82, 2.24) is 9.97 Å². The van der Waals surface area contributed by atoms with Gasteiger partial charge in [-0.25, -0.2) is 4.98 Å². The lowest BCUT2D eigenvalue weighted by atomic mass is 10.3. The van der Waals surface area contributed by atoms with E-state index >= 15 is 0 Å². The van der Waals surface area contributed by atoms with Crippen molar-refractivity contribution < 1.29 is 4.74 Å². The molecule has 0 aromatic carbocycles. The Morgan fingerprint density at radius 2 is 2.50 bits per heavy atom. The van der Waals surface area contributed by atoms with Gasteiger partial charge in [0.2, 0.25) is 5.88 Å². The molecule has 0 bridgehead atoms.